The summed E-state index contributed by atoms with van der Waals surface area (Å²) in [5, 5.41) is 8.03. The number of fused-ring (bicyclic) bond motifs is 2. The van der Waals surface area contributed by atoms with Crippen LogP contribution in [0.15, 0.2) is 107 Å². The summed E-state index contributed by atoms with van der Waals surface area (Å²) < 4.78 is 117. The molecular formula is C44H58N5O12S4+. The highest BCUT2D eigenvalue weighted by Gasteiger charge is 2.45. The number of allylic oxidation sites excluding steroid dienone is 6. The topological polar surface area (TPSA) is 259 Å². The van der Waals surface area contributed by atoms with Crippen molar-refractivity contribution in [2.45, 2.75) is 94.0 Å². The molecule has 0 unspecified atom stereocenters. The number of hydrogen-bond donors (Lipinski definition) is 4. The molecule has 21 heteroatoms. The first-order valence-electron chi connectivity index (χ1n) is 20.7. The van der Waals surface area contributed by atoms with Gasteiger partial charge in [0.15, 0.2) is 5.71 Å². The van der Waals surface area contributed by atoms with Gasteiger partial charge in [0.05, 0.1) is 21.0 Å². The number of nitrogens with one attached hydrogen (secondary N) is 1. The van der Waals surface area contributed by atoms with Crippen molar-refractivity contribution in [1.82, 2.24) is 10.2 Å². The van der Waals surface area contributed by atoms with Gasteiger partial charge in [-0.1, -0.05) is 63.3 Å². The average Bonchev–Trinajstić information content (AvgIpc) is 3.53. The monoisotopic (exact) mass is 976 g/mol. The molecule has 0 saturated heterocycles. The van der Waals surface area contributed by atoms with Crippen molar-refractivity contribution >= 4 is 63.9 Å². The van der Waals surface area contributed by atoms with E-state index in [0.29, 0.717) is 32.5 Å². The molecule has 0 aliphatic carbocycles. The van der Waals surface area contributed by atoms with Gasteiger partial charge in [-0.3, -0.25) is 13.9 Å². The standard InChI is InChI=1S/C44H57N5O9S3.O3S/c1-7-24-48-39-23-21-35(61(56,57)58)29-37(39)44(4,5)40(48)13-9-8-10-14-41-43(2,3)36-28-33(18-22-38(36)49(41)26-12-27-59(51,52)53)31-47(6)25-11-15-42(50)46-30-32-16-19-34(20-17-32)60(45,54)55;1-4(2)3/h8-10,13-14,16-23,28-29H,7,11-12,15,24-27,30-31H2,1-6H3,(H4-,45,46,50,51,52,53,54,55,56,57,58);/p+1. The molecule has 2 aliphatic rings. The highest BCUT2D eigenvalue weighted by atomic mass is 32.2. The molecule has 0 saturated carbocycles. The molecule has 17 nitrogen and oxygen atoms in total. The van der Waals surface area contributed by atoms with E-state index in [-0.39, 0.29) is 34.4 Å². The lowest BCUT2D eigenvalue weighted by atomic mass is 9.81. The molecule has 0 aromatic heterocycles. The lowest BCUT2D eigenvalue weighted by Gasteiger charge is -2.27. The fourth-order valence-corrected chi connectivity index (χ4v) is 9.61. The molecule has 3 aromatic rings. The van der Waals surface area contributed by atoms with Crippen LogP contribution in [0.4, 0.5) is 11.4 Å². The third-order valence-electron chi connectivity index (χ3n) is 11.2. The van der Waals surface area contributed by atoms with Crippen molar-refractivity contribution in [3.05, 3.63) is 119 Å². The smallest absolute Gasteiger partial charge is 0.352 e. The molecule has 0 atom stereocenters. The normalized spacial score (nSPS) is 16.3. The van der Waals surface area contributed by atoms with Crippen LogP contribution in [0, 0.1) is 0 Å². The second-order valence-electron chi connectivity index (χ2n) is 16.9. The fraction of sp³-hybridized carbons (Fsp3) is 0.409. The van der Waals surface area contributed by atoms with Crippen LogP contribution in [-0.2, 0) is 69.6 Å². The Bertz CT molecular complexity index is 2830. The zero-order valence-corrected chi connectivity index (χ0v) is 40.5. The van der Waals surface area contributed by atoms with Gasteiger partial charge in [0, 0.05) is 67.0 Å². The Balaban J connectivity index is 0.00000222. The number of carbonyl (C=O) groups is 1. The van der Waals surface area contributed by atoms with Gasteiger partial charge in [-0.2, -0.15) is 21.4 Å². The Hall–Kier alpha value is -4.87. The molecule has 0 fully saturated rings. The third kappa shape index (κ3) is 14.3. The minimum absolute atomic E-state index is 0.0136. The lowest BCUT2D eigenvalue weighted by Crippen LogP contribution is -2.28. The second kappa shape index (κ2) is 21.6. The summed E-state index contributed by atoms with van der Waals surface area (Å²) >= 11 is 0. The van der Waals surface area contributed by atoms with Crippen molar-refractivity contribution < 1.29 is 56.4 Å². The van der Waals surface area contributed by atoms with Crippen molar-refractivity contribution in [3.63, 3.8) is 0 Å². The number of nitrogens with two attached hydrogens (primary N) is 1. The Morgan fingerprint density at radius 3 is 2.08 bits per heavy atom. The molecule has 65 heavy (non-hydrogen) atoms. The number of nitrogens with zero attached hydrogens (tertiary/aromatic N) is 3. The summed E-state index contributed by atoms with van der Waals surface area (Å²) in [6.07, 6.45) is 11.9. The molecule has 354 valence electrons. The SMILES string of the molecule is CCC[N+]1=C(C=CC=CC=C2N(CCCS(=O)(=O)O)c3ccc(CN(C)CCCC(=O)NCc4ccc(S(N)(=O)=O)cc4)cc3C2(C)C)C(C)(C)c2cc(S(=O)(=O)O)ccc21.O=S(=O)=O. The predicted octanol–water partition coefficient (Wildman–Crippen LogP) is 4.96. The van der Waals surface area contributed by atoms with Crippen molar-refractivity contribution in [2.24, 2.45) is 5.14 Å². The lowest BCUT2D eigenvalue weighted by molar-refractivity contribution is -0.437. The minimum atomic E-state index is -4.36. The van der Waals surface area contributed by atoms with Crippen LogP contribution in [0.1, 0.15) is 82.6 Å². The van der Waals surface area contributed by atoms with Crippen LogP contribution in [0.5, 0.6) is 0 Å². The zero-order valence-electron chi connectivity index (χ0n) is 37.3. The molecule has 5 N–H and O–H groups in total. The number of anilines is 1. The van der Waals surface area contributed by atoms with E-state index in [1.54, 1.807) is 24.3 Å². The number of hydrogen-bond acceptors (Lipinski definition) is 12. The Labute approximate surface area is 384 Å². The molecule has 0 radical (unpaired) electrons. The molecule has 5 rings (SSSR count). The molecule has 0 spiro atoms. The maximum absolute atomic E-state index is 12.5. The van der Waals surface area contributed by atoms with Gasteiger partial charge >= 0.3 is 10.6 Å². The van der Waals surface area contributed by atoms with Crippen molar-refractivity contribution in [3.8, 4) is 0 Å². The number of benzene rings is 3. The van der Waals surface area contributed by atoms with Gasteiger partial charge in [0.25, 0.3) is 20.2 Å². The maximum atomic E-state index is 12.5. The molecular weight excluding hydrogens is 919 g/mol. The molecule has 3 aromatic carbocycles. The van der Waals surface area contributed by atoms with Crippen LogP contribution in [0.2, 0.25) is 0 Å². The molecule has 2 heterocycles. The Morgan fingerprint density at radius 1 is 0.846 bits per heavy atom. The van der Waals surface area contributed by atoms with Crippen LogP contribution in [-0.4, -0.2) is 101 Å². The first-order valence-corrected chi connectivity index (χ1v) is 26.3. The number of carbonyl (C=O) groups excluding carboxylic acids is 1. The van der Waals surface area contributed by atoms with Crippen LogP contribution in [0.3, 0.4) is 0 Å². The summed E-state index contributed by atoms with van der Waals surface area (Å²) in [7, 11) is -13.4. The number of primary sulfonamides is 1. The van der Waals surface area contributed by atoms with E-state index in [9.17, 15) is 39.2 Å². The molecule has 1 amide bonds. The Morgan fingerprint density at radius 2 is 1.48 bits per heavy atom. The van der Waals surface area contributed by atoms with E-state index < -0.39 is 51.7 Å². The van der Waals surface area contributed by atoms with Gasteiger partial charge < -0.3 is 15.1 Å². The van der Waals surface area contributed by atoms with E-state index in [1.807, 2.05) is 57.3 Å². The van der Waals surface area contributed by atoms with Gasteiger partial charge in [-0.05, 0) is 93.4 Å². The van der Waals surface area contributed by atoms with Crippen LogP contribution >= 0.6 is 0 Å². The van der Waals surface area contributed by atoms with E-state index in [1.165, 1.54) is 18.2 Å². The van der Waals surface area contributed by atoms with E-state index >= 15 is 0 Å². The van der Waals surface area contributed by atoms with Crippen LogP contribution < -0.4 is 15.4 Å². The van der Waals surface area contributed by atoms with Crippen LogP contribution in [0.25, 0.3) is 0 Å². The van der Waals surface area contributed by atoms with E-state index in [0.717, 1.165) is 58.0 Å². The minimum Gasteiger partial charge on any atom is -0.352 e. The van der Waals surface area contributed by atoms with Gasteiger partial charge in [0.1, 0.15) is 6.54 Å². The van der Waals surface area contributed by atoms with E-state index in [2.05, 4.69) is 52.6 Å². The molecule has 2 aliphatic heterocycles. The summed E-state index contributed by atoms with van der Waals surface area (Å²) in [5.74, 6) is -0.472. The zero-order chi connectivity index (χ0) is 48.5. The van der Waals surface area contributed by atoms with Crippen molar-refractivity contribution in [2.75, 3.05) is 37.3 Å². The maximum Gasteiger partial charge on any atom is 0.425 e. The second-order valence-corrected chi connectivity index (χ2v) is 21.9. The first kappa shape index (κ1) is 52.8. The number of sulfonamides is 1. The average molecular weight is 977 g/mol. The summed E-state index contributed by atoms with van der Waals surface area (Å²) in [6, 6.07) is 17.0. The third-order valence-corrected chi connectivity index (χ3v) is 13.8. The highest BCUT2D eigenvalue weighted by molar-refractivity contribution is 7.89. The van der Waals surface area contributed by atoms with Gasteiger partial charge in [0.2, 0.25) is 21.6 Å². The summed E-state index contributed by atoms with van der Waals surface area (Å²) in [5.41, 5.74) is 6.55. The van der Waals surface area contributed by atoms with Crippen molar-refractivity contribution in [1.29, 1.82) is 0 Å². The van der Waals surface area contributed by atoms with Gasteiger partial charge in [-0.15, -0.1) is 12.6 Å². The highest BCUT2D eigenvalue weighted by Crippen LogP contribution is 2.48. The van der Waals surface area contributed by atoms with Gasteiger partial charge in [-0.25, -0.2) is 13.6 Å². The predicted molar refractivity (Wildman–Crippen MR) is 249 cm³/mol. The van der Waals surface area contributed by atoms with E-state index in [4.69, 9.17) is 17.8 Å². The first-order chi connectivity index (χ1) is 30.2. The molecule has 0 bridgehead atoms. The fourth-order valence-electron chi connectivity index (χ4n) is 8.09. The number of amides is 1. The number of rotatable bonds is 19. The summed E-state index contributed by atoms with van der Waals surface area (Å²) in [6.45, 7) is 13.1. The summed E-state index contributed by atoms with van der Waals surface area (Å²) in [4.78, 5) is 16.7. The quantitative estimate of drug-likeness (QED) is 0.0704. The Kier molecular flexibility index (Phi) is 17.5. The largest absolute Gasteiger partial charge is 0.425 e.